The molecule has 0 aliphatic rings. The van der Waals surface area contributed by atoms with Gasteiger partial charge >= 0.3 is 0 Å². The Bertz CT molecular complexity index is 945. The predicted octanol–water partition coefficient (Wildman–Crippen LogP) is 5.06. The van der Waals surface area contributed by atoms with Crippen LogP contribution in [0, 0.1) is 6.92 Å². The van der Waals surface area contributed by atoms with Crippen LogP contribution in [0.5, 0.6) is 0 Å². The van der Waals surface area contributed by atoms with Gasteiger partial charge in [0.2, 0.25) is 0 Å². The van der Waals surface area contributed by atoms with Crippen molar-refractivity contribution in [3.63, 3.8) is 0 Å². The van der Waals surface area contributed by atoms with Gasteiger partial charge in [-0.05, 0) is 61.4 Å². The molecule has 4 heteroatoms. The van der Waals surface area contributed by atoms with E-state index in [2.05, 4.69) is 17.6 Å². The largest absolute Gasteiger partial charge is 0.322 e. The van der Waals surface area contributed by atoms with Gasteiger partial charge in [-0.15, -0.1) is 0 Å². The third-order valence-electron chi connectivity index (χ3n) is 4.32. The summed E-state index contributed by atoms with van der Waals surface area (Å²) in [5, 5.41) is 5.71. The van der Waals surface area contributed by atoms with E-state index in [1.807, 2.05) is 43.3 Å². The zero-order valence-electron chi connectivity index (χ0n) is 15.5. The third kappa shape index (κ3) is 4.82. The van der Waals surface area contributed by atoms with Crippen LogP contribution in [-0.4, -0.2) is 11.8 Å². The number of amides is 2. The van der Waals surface area contributed by atoms with E-state index in [-0.39, 0.29) is 11.8 Å². The Labute approximate surface area is 159 Å². The molecule has 0 aliphatic heterocycles. The minimum Gasteiger partial charge on any atom is -0.322 e. The Morgan fingerprint density at radius 1 is 0.741 bits per heavy atom. The predicted molar refractivity (Wildman–Crippen MR) is 109 cm³/mol. The second kappa shape index (κ2) is 8.32. The molecule has 3 aromatic rings. The van der Waals surface area contributed by atoms with Crippen molar-refractivity contribution < 1.29 is 9.59 Å². The first-order valence-corrected chi connectivity index (χ1v) is 8.93. The van der Waals surface area contributed by atoms with Gasteiger partial charge in [0.1, 0.15) is 0 Å². The van der Waals surface area contributed by atoms with Crippen molar-refractivity contribution >= 4 is 23.2 Å². The topological polar surface area (TPSA) is 58.2 Å². The average molecular weight is 358 g/mol. The summed E-state index contributed by atoms with van der Waals surface area (Å²) in [6, 6.07) is 22.0. The fourth-order valence-electron chi connectivity index (χ4n) is 2.67. The molecule has 0 heterocycles. The van der Waals surface area contributed by atoms with Gasteiger partial charge in [-0.1, -0.05) is 42.8 Å². The fraction of sp³-hybridized carbons (Fsp3) is 0.130. The van der Waals surface area contributed by atoms with Crippen molar-refractivity contribution in [3.05, 3.63) is 95.1 Å². The van der Waals surface area contributed by atoms with Crippen molar-refractivity contribution in [2.45, 2.75) is 20.3 Å². The summed E-state index contributed by atoms with van der Waals surface area (Å²) in [7, 11) is 0. The molecule has 0 bridgehead atoms. The molecule has 27 heavy (non-hydrogen) atoms. The lowest BCUT2D eigenvalue weighted by Crippen LogP contribution is -2.14. The van der Waals surface area contributed by atoms with Crippen LogP contribution in [0.2, 0.25) is 0 Å². The summed E-state index contributed by atoms with van der Waals surface area (Å²) in [4.78, 5) is 24.8. The smallest absolute Gasteiger partial charge is 0.255 e. The highest BCUT2D eigenvalue weighted by molar-refractivity contribution is 6.07. The van der Waals surface area contributed by atoms with Crippen LogP contribution in [0.25, 0.3) is 0 Å². The molecule has 2 amide bonds. The summed E-state index contributed by atoms with van der Waals surface area (Å²) < 4.78 is 0. The van der Waals surface area contributed by atoms with Crippen molar-refractivity contribution in [2.24, 2.45) is 0 Å². The van der Waals surface area contributed by atoms with Gasteiger partial charge < -0.3 is 10.6 Å². The number of benzene rings is 3. The summed E-state index contributed by atoms with van der Waals surface area (Å²) in [5.74, 6) is -0.423. The van der Waals surface area contributed by atoms with Crippen LogP contribution >= 0.6 is 0 Å². The number of aryl methyl sites for hydroxylation is 2. The lowest BCUT2D eigenvalue weighted by atomic mass is 10.1. The van der Waals surface area contributed by atoms with Gasteiger partial charge in [0.25, 0.3) is 11.8 Å². The van der Waals surface area contributed by atoms with Crippen molar-refractivity contribution in [3.8, 4) is 0 Å². The minimum atomic E-state index is -0.217. The van der Waals surface area contributed by atoms with E-state index in [9.17, 15) is 9.59 Å². The maximum Gasteiger partial charge on any atom is 0.255 e. The van der Waals surface area contributed by atoms with Gasteiger partial charge in [-0.3, -0.25) is 9.59 Å². The zero-order valence-corrected chi connectivity index (χ0v) is 15.5. The monoisotopic (exact) mass is 358 g/mol. The van der Waals surface area contributed by atoms with E-state index < -0.39 is 0 Å². The highest BCUT2D eigenvalue weighted by Crippen LogP contribution is 2.16. The van der Waals surface area contributed by atoms with Crippen molar-refractivity contribution in [1.82, 2.24) is 0 Å². The van der Waals surface area contributed by atoms with Crippen LogP contribution < -0.4 is 10.6 Å². The molecule has 0 aromatic heterocycles. The Morgan fingerprint density at radius 2 is 1.37 bits per heavy atom. The van der Waals surface area contributed by atoms with Gasteiger partial charge in [0, 0.05) is 22.5 Å². The van der Waals surface area contributed by atoms with E-state index in [0.717, 1.165) is 17.7 Å². The first-order chi connectivity index (χ1) is 13.0. The van der Waals surface area contributed by atoms with E-state index in [1.54, 1.807) is 36.4 Å². The molecule has 0 aliphatic carbocycles. The quantitative estimate of drug-likeness (QED) is 0.669. The average Bonchev–Trinajstić information content (AvgIpc) is 2.69. The number of nitrogens with one attached hydrogen (secondary N) is 2. The molecular formula is C23H22N2O2. The summed E-state index contributed by atoms with van der Waals surface area (Å²) >= 11 is 0. The Hall–Kier alpha value is -3.40. The van der Waals surface area contributed by atoms with Gasteiger partial charge in [-0.25, -0.2) is 0 Å². The summed E-state index contributed by atoms with van der Waals surface area (Å²) in [6.07, 6.45) is 0.955. The molecule has 0 radical (unpaired) electrons. The molecule has 0 saturated carbocycles. The molecule has 3 rings (SSSR count). The number of rotatable bonds is 5. The van der Waals surface area contributed by atoms with Gasteiger partial charge in [0.05, 0.1) is 0 Å². The summed E-state index contributed by atoms with van der Waals surface area (Å²) in [5.41, 5.74) is 4.69. The maximum absolute atomic E-state index is 12.5. The van der Waals surface area contributed by atoms with E-state index in [1.165, 1.54) is 5.56 Å². The Balaban J connectivity index is 1.69. The lowest BCUT2D eigenvalue weighted by Gasteiger charge is -2.09. The van der Waals surface area contributed by atoms with Crippen molar-refractivity contribution in [2.75, 3.05) is 10.6 Å². The Morgan fingerprint density at radius 3 is 2.04 bits per heavy atom. The number of carbonyl (C=O) groups excluding carboxylic acids is 2. The summed E-state index contributed by atoms with van der Waals surface area (Å²) in [6.45, 7) is 4.06. The number of carbonyl (C=O) groups is 2. The molecule has 0 unspecified atom stereocenters. The van der Waals surface area contributed by atoms with Crippen molar-refractivity contribution in [1.29, 1.82) is 0 Å². The third-order valence-corrected chi connectivity index (χ3v) is 4.32. The first-order valence-electron chi connectivity index (χ1n) is 8.93. The minimum absolute atomic E-state index is 0.206. The van der Waals surface area contributed by atoms with Gasteiger partial charge in [0.15, 0.2) is 0 Å². The second-order valence-electron chi connectivity index (χ2n) is 6.41. The van der Waals surface area contributed by atoms with E-state index >= 15 is 0 Å². The van der Waals surface area contributed by atoms with Crippen LogP contribution in [-0.2, 0) is 6.42 Å². The number of hydrogen-bond donors (Lipinski definition) is 2. The zero-order chi connectivity index (χ0) is 19.2. The SMILES string of the molecule is CCc1ccc(NC(=O)c2cccc(NC(=O)c3ccc(C)cc3)c2)cc1. The molecule has 136 valence electrons. The Kier molecular flexibility index (Phi) is 5.67. The van der Waals surface area contributed by atoms with E-state index in [0.29, 0.717) is 16.8 Å². The van der Waals surface area contributed by atoms with Gasteiger partial charge in [-0.2, -0.15) is 0 Å². The normalized spacial score (nSPS) is 10.3. The van der Waals surface area contributed by atoms with Crippen LogP contribution in [0.1, 0.15) is 38.8 Å². The second-order valence-corrected chi connectivity index (χ2v) is 6.41. The van der Waals surface area contributed by atoms with Crippen LogP contribution in [0.15, 0.2) is 72.8 Å². The number of hydrogen-bond acceptors (Lipinski definition) is 2. The fourth-order valence-corrected chi connectivity index (χ4v) is 2.67. The standard InChI is InChI=1S/C23H22N2O2/c1-3-17-9-13-20(14-10-17)24-23(27)19-5-4-6-21(15-19)25-22(26)18-11-7-16(2)8-12-18/h4-15H,3H2,1-2H3,(H,24,27)(H,25,26). The van der Waals surface area contributed by atoms with E-state index in [4.69, 9.17) is 0 Å². The lowest BCUT2D eigenvalue weighted by molar-refractivity contribution is 0.101. The molecule has 0 spiro atoms. The highest BCUT2D eigenvalue weighted by atomic mass is 16.2. The molecule has 0 saturated heterocycles. The number of anilines is 2. The van der Waals surface area contributed by atoms with Crippen LogP contribution in [0.4, 0.5) is 11.4 Å². The molecular weight excluding hydrogens is 336 g/mol. The molecule has 3 aromatic carbocycles. The molecule has 2 N–H and O–H groups in total. The first kappa shape index (κ1) is 18.4. The highest BCUT2D eigenvalue weighted by Gasteiger charge is 2.10. The maximum atomic E-state index is 12.5. The van der Waals surface area contributed by atoms with Crippen LogP contribution in [0.3, 0.4) is 0 Å². The molecule has 4 nitrogen and oxygen atoms in total. The molecule has 0 atom stereocenters. The molecule has 0 fully saturated rings.